The van der Waals surface area contributed by atoms with Crippen LogP contribution in [0.2, 0.25) is 0 Å². The molecule has 1 aromatic rings. The maximum absolute atomic E-state index is 9.66. The van der Waals surface area contributed by atoms with Crippen LogP contribution in [0.1, 0.15) is 31.2 Å². The van der Waals surface area contributed by atoms with Gasteiger partial charge in [-0.1, -0.05) is 12.8 Å². The lowest BCUT2D eigenvalue weighted by Crippen LogP contribution is -2.34. The van der Waals surface area contributed by atoms with Crippen molar-refractivity contribution in [2.24, 2.45) is 5.41 Å². The van der Waals surface area contributed by atoms with Crippen molar-refractivity contribution in [1.82, 2.24) is 5.32 Å². The van der Waals surface area contributed by atoms with Gasteiger partial charge in [-0.25, -0.2) is 0 Å². The van der Waals surface area contributed by atoms with Crippen molar-refractivity contribution in [2.75, 3.05) is 13.2 Å². The van der Waals surface area contributed by atoms with Crippen LogP contribution < -0.4 is 5.32 Å². The van der Waals surface area contributed by atoms with Crippen molar-refractivity contribution in [1.29, 1.82) is 0 Å². The van der Waals surface area contributed by atoms with Crippen LogP contribution in [0.4, 0.5) is 0 Å². The second kappa shape index (κ2) is 6.57. The van der Waals surface area contributed by atoms with Gasteiger partial charge in [-0.2, -0.15) is 0 Å². The van der Waals surface area contributed by atoms with Crippen LogP contribution in [0.3, 0.4) is 0 Å². The van der Waals surface area contributed by atoms with E-state index in [1.165, 1.54) is 12.8 Å². The van der Waals surface area contributed by atoms with E-state index in [0.29, 0.717) is 8.95 Å². The quantitative estimate of drug-likeness (QED) is 0.718. The molecule has 1 fully saturated rings. The molecule has 0 saturated heterocycles. The summed E-state index contributed by atoms with van der Waals surface area (Å²) in [6, 6.07) is 3.82. The number of phenolic OH excluding ortho intramolecular Hbond substituents is 1. The molecule has 2 rings (SSSR count). The molecule has 5 heteroatoms. The van der Waals surface area contributed by atoms with Crippen molar-refractivity contribution in [3.8, 4) is 5.75 Å². The highest BCUT2D eigenvalue weighted by Crippen LogP contribution is 2.37. The number of aliphatic hydroxyl groups excluding tert-OH is 1. The predicted molar refractivity (Wildman–Crippen MR) is 83.2 cm³/mol. The van der Waals surface area contributed by atoms with Gasteiger partial charge < -0.3 is 15.5 Å². The van der Waals surface area contributed by atoms with Crippen molar-refractivity contribution >= 4 is 31.9 Å². The number of rotatable bonds is 5. The molecule has 0 atom stereocenters. The zero-order valence-electron chi connectivity index (χ0n) is 10.8. The van der Waals surface area contributed by atoms with Gasteiger partial charge in [-0.15, -0.1) is 0 Å². The fourth-order valence-corrected chi connectivity index (χ4v) is 3.99. The van der Waals surface area contributed by atoms with Crippen LogP contribution in [0.15, 0.2) is 21.1 Å². The van der Waals surface area contributed by atoms with E-state index in [1.54, 1.807) is 0 Å². The average molecular weight is 393 g/mol. The number of aliphatic hydroxyl groups is 1. The minimum Gasteiger partial charge on any atom is -0.506 e. The van der Waals surface area contributed by atoms with E-state index < -0.39 is 0 Å². The summed E-state index contributed by atoms with van der Waals surface area (Å²) in [7, 11) is 0. The Labute approximate surface area is 130 Å². The molecule has 0 bridgehead atoms. The summed E-state index contributed by atoms with van der Waals surface area (Å²) in [5.41, 5.74) is 1.17. The third-order valence-corrected chi connectivity index (χ3v) is 5.11. The lowest BCUT2D eigenvalue weighted by Gasteiger charge is -2.26. The summed E-state index contributed by atoms with van der Waals surface area (Å²) >= 11 is 6.66. The molecule has 0 amide bonds. The van der Waals surface area contributed by atoms with Crippen molar-refractivity contribution < 1.29 is 10.2 Å². The minimum absolute atomic E-state index is 0.0748. The third kappa shape index (κ3) is 3.72. The van der Waals surface area contributed by atoms with Crippen molar-refractivity contribution in [3.05, 3.63) is 26.6 Å². The molecule has 1 aliphatic rings. The molecule has 0 spiro atoms. The van der Waals surface area contributed by atoms with E-state index in [0.717, 1.165) is 31.5 Å². The fourth-order valence-electron chi connectivity index (χ4n) is 2.71. The van der Waals surface area contributed by atoms with Gasteiger partial charge in [-0.05, 0) is 62.4 Å². The van der Waals surface area contributed by atoms with E-state index in [2.05, 4.69) is 37.2 Å². The average Bonchev–Trinajstić information content (AvgIpc) is 2.85. The predicted octanol–water partition coefficient (Wildman–Crippen LogP) is 3.56. The second-order valence-electron chi connectivity index (χ2n) is 5.38. The number of aromatic hydroxyl groups is 1. The SMILES string of the molecule is OCC1(CNCc2cc(Br)c(O)c(Br)c2)CCCC1. The van der Waals surface area contributed by atoms with Gasteiger partial charge in [-0.3, -0.25) is 0 Å². The Morgan fingerprint density at radius 2 is 1.74 bits per heavy atom. The number of hydrogen-bond acceptors (Lipinski definition) is 3. The standard InChI is InChI=1S/C14H19Br2NO2/c15-11-5-10(6-12(16)13(11)19)7-17-8-14(9-18)3-1-2-4-14/h5-6,17-19H,1-4,7-9H2. The smallest absolute Gasteiger partial charge is 0.143 e. The first-order valence-corrected chi connectivity index (χ1v) is 8.13. The Kier molecular flexibility index (Phi) is 5.29. The Bertz CT molecular complexity index is 422. The molecular formula is C14H19Br2NO2. The molecule has 0 aromatic heterocycles. The zero-order valence-corrected chi connectivity index (χ0v) is 13.9. The Morgan fingerprint density at radius 1 is 1.16 bits per heavy atom. The van der Waals surface area contributed by atoms with Crippen LogP contribution in [0, 0.1) is 5.41 Å². The van der Waals surface area contributed by atoms with E-state index in [-0.39, 0.29) is 17.8 Å². The highest BCUT2D eigenvalue weighted by atomic mass is 79.9. The van der Waals surface area contributed by atoms with Gasteiger partial charge in [0.15, 0.2) is 0 Å². The van der Waals surface area contributed by atoms with Gasteiger partial charge in [0.05, 0.1) is 8.95 Å². The lowest BCUT2D eigenvalue weighted by atomic mass is 9.87. The summed E-state index contributed by atoms with van der Waals surface area (Å²) in [6.07, 6.45) is 4.66. The van der Waals surface area contributed by atoms with E-state index >= 15 is 0 Å². The van der Waals surface area contributed by atoms with Gasteiger partial charge in [0.1, 0.15) is 5.75 Å². The van der Waals surface area contributed by atoms with E-state index in [4.69, 9.17) is 0 Å². The molecular weight excluding hydrogens is 374 g/mol. The maximum atomic E-state index is 9.66. The first kappa shape index (κ1) is 15.3. The van der Waals surface area contributed by atoms with E-state index in [1.807, 2.05) is 12.1 Å². The Hall–Kier alpha value is -0.100. The van der Waals surface area contributed by atoms with Crippen molar-refractivity contribution in [3.63, 3.8) is 0 Å². The van der Waals surface area contributed by atoms with Gasteiger partial charge in [0.25, 0.3) is 0 Å². The number of hydrogen-bond donors (Lipinski definition) is 3. The molecule has 0 aliphatic heterocycles. The number of phenols is 1. The molecule has 1 aromatic carbocycles. The third-order valence-electron chi connectivity index (χ3n) is 3.91. The number of nitrogens with one attached hydrogen (secondary N) is 1. The first-order chi connectivity index (χ1) is 9.06. The fraction of sp³-hybridized carbons (Fsp3) is 0.571. The topological polar surface area (TPSA) is 52.5 Å². The van der Waals surface area contributed by atoms with Crippen LogP contribution in [-0.4, -0.2) is 23.4 Å². The molecule has 0 radical (unpaired) electrons. The van der Waals surface area contributed by atoms with Crippen LogP contribution in [0.25, 0.3) is 0 Å². The second-order valence-corrected chi connectivity index (χ2v) is 7.09. The van der Waals surface area contributed by atoms with Crippen LogP contribution in [0.5, 0.6) is 5.75 Å². The van der Waals surface area contributed by atoms with Gasteiger partial charge >= 0.3 is 0 Å². The van der Waals surface area contributed by atoms with Crippen LogP contribution in [-0.2, 0) is 6.54 Å². The summed E-state index contributed by atoms with van der Waals surface area (Å²) in [5.74, 6) is 0.228. The monoisotopic (exact) mass is 391 g/mol. The minimum atomic E-state index is 0.0748. The molecule has 1 saturated carbocycles. The van der Waals surface area contributed by atoms with Gasteiger partial charge in [0, 0.05) is 25.1 Å². The largest absolute Gasteiger partial charge is 0.506 e. The lowest BCUT2D eigenvalue weighted by molar-refractivity contribution is 0.128. The summed E-state index contributed by atoms with van der Waals surface area (Å²) in [5, 5.41) is 22.6. The van der Waals surface area contributed by atoms with E-state index in [9.17, 15) is 10.2 Å². The molecule has 0 heterocycles. The maximum Gasteiger partial charge on any atom is 0.143 e. The van der Waals surface area contributed by atoms with Crippen molar-refractivity contribution in [2.45, 2.75) is 32.2 Å². The first-order valence-electron chi connectivity index (χ1n) is 6.55. The Morgan fingerprint density at radius 3 is 2.26 bits per heavy atom. The molecule has 3 N–H and O–H groups in total. The molecule has 0 unspecified atom stereocenters. The Balaban J connectivity index is 1.92. The zero-order chi connectivity index (χ0) is 13.9. The molecule has 19 heavy (non-hydrogen) atoms. The van der Waals surface area contributed by atoms with Crippen LogP contribution >= 0.6 is 31.9 Å². The summed E-state index contributed by atoms with van der Waals surface area (Å²) in [4.78, 5) is 0. The summed E-state index contributed by atoms with van der Waals surface area (Å²) < 4.78 is 1.38. The molecule has 106 valence electrons. The number of halogens is 2. The highest BCUT2D eigenvalue weighted by molar-refractivity contribution is 9.11. The molecule has 3 nitrogen and oxygen atoms in total. The number of benzene rings is 1. The normalized spacial score (nSPS) is 17.8. The highest BCUT2D eigenvalue weighted by Gasteiger charge is 2.32. The summed E-state index contributed by atoms with van der Waals surface area (Å²) in [6.45, 7) is 1.85. The molecule has 1 aliphatic carbocycles. The van der Waals surface area contributed by atoms with Gasteiger partial charge in [0.2, 0.25) is 0 Å².